The fraction of sp³-hybridized carbons (Fsp3) is 0.917. The van der Waals surface area contributed by atoms with E-state index in [0.29, 0.717) is 12.6 Å². The van der Waals surface area contributed by atoms with Crippen molar-refractivity contribution in [3.63, 3.8) is 0 Å². The van der Waals surface area contributed by atoms with Gasteiger partial charge in [0.05, 0.1) is 6.54 Å². The monoisotopic (exact) mass is 212 g/mol. The zero-order valence-electron chi connectivity index (χ0n) is 10.1. The molecule has 0 heterocycles. The van der Waals surface area contributed by atoms with Crippen molar-refractivity contribution in [1.82, 2.24) is 10.2 Å². The molecule has 3 heteroatoms. The van der Waals surface area contributed by atoms with Gasteiger partial charge in [-0.15, -0.1) is 0 Å². The Kier molecular flexibility index (Phi) is 5.69. The van der Waals surface area contributed by atoms with Gasteiger partial charge in [-0.05, 0) is 26.2 Å². The minimum atomic E-state index is 0.256. The number of carbonyl (C=O) groups excluding carboxylic acids is 1. The van der Waals surface area contributed by atoms with E-state index in [1.165, 1.54) is 25.7 Å². The molecule has 1 saturated carbocycles. The van der Waals surface area contributed by atoms with Crippen LogP contribution in [0.15, 0.2) is 0 Å². The lowest BCUT2D eigenvalue weighted by Gasteiger charge is -2.21. The Morgan fingerprint density at radius 2 is 2.00 bits per heavy atom. The highest BCUT2D eigenvalue weighted by Crippen LogP contribution is 2.17. The second-order valence-corrected chi connectivity index (χ2v) is 4.34. The number of nitrogens with zero attached hydrogens (tertiary/aromatic N) is 1. The van der Waals surface area contributed by atoms with E-state index in [1.54, 1.807) is 0 Å². The fourth-order valence-corrected chi connectivity index (χ4v) is 2.20. The van der Waals surface area contributed by atoms with Crippen molar-refractivity contribution in [3.8, 4) is 0 Å². The summed E-state index contributed by atoms with van der Waals surface area (Å²) in [7, 11) is 0. The smallest absolute Gasteiger partial charge is 0.236 e. The summed E-state index contributed by atoms with van der Waals surface area (Å²) in [6, 6.07) is 0.592. The van der Waals surface area contributed by atoms with Crippen molar-refractivity contribution in [2.75, 3.05) is 19.6 Å². The van der Waals surface area contributed by atoms with Crippen molar-refractivity contribution in [2.45, 2.75) is 52.0 Å². The van der Waals surface area contributed by atoms with Crippen LogP contribution in [0.1, 0.15) is 46.0 Å². The number of hydrogen-bond acceptors (Lipinski definition) is 2. The minimum absolute atomic E-state index is 0.256. The third-order valence-corrected chi connectivity index (χ3v) is 3.13. The lowest BCUT2D eigenvalue weighted by atomic mass is 10.2. The molecular weight excluding hydrogens is 188 g/mol. The molecule has 0 aromatic heterocycles. The standard InChI is InChI=1S/C12H24N2O/c1-3-9-14(4-2)12(15)10-13-11-7-5-6-8-11/h11,13H,3-10H2,1-2H3. The summed E-state index contributed by atoms with van der Waals surface area (Å²) in [4.78, 5) is 13.7. The Morgan fingerprint density at radius 1 is 1.33 bits per heavy atom. The molecule has 0 unspecified atom stereocenters. The Bertz CT molecular complexity index is 188. The third kappa shape index (κ3) is 4.20. The van der Waals surface area contributed by atoms with Gasteiger partial charge in [0.1, 0.15) is 0 Å². The van der Waals surface area contributed by atoms with Gasteiger partial charge in [-0.2, -0.15) is 0 Å². The summed E-state index contributed by atoms with van der Waals surface area (Å²) < 4.78 is 0. The number of rotatable bonds is 6. The van der Waals surface area contributed by atoms with Crippen molar-refractivity contribution in [2.24, 2.45) is 0 Å². The molecule has 0 aromatic rings. The molecule has 1 N–H and O–H groups in total. The van der Waals surface area contributed by atoms with Crippen molar-refractivity contribution < 1.29 is 4.79 Å². The number of likely N-dealkylation sites (N-methyl/N-ethyl adjacent to an activating group) is 1. The molecule has 0 atom stereocenters. The van der Waals surface area contributed by atoms with Crippen LogP contribution in [0.25, 0.3) is 0 Å². The molecule has 15 heavy (non-hydrogen) atoms. The van der Waals surface area contributed by atoms with Gasteiger partial charge in [-0.3, -0.25) is 4.79 Å². The number of amides is 1. The minimum Gasteiger partial charge on any atom is -0.342 e. The Hall–Kier alpha value is -0.570. The first-order valence-electron chi connectivity index (χ1n) is 6.29. The van der Waals surface area contributed by atoms with E-state index in [0.717, 1.165) is 19.5 Å². The normalized spacial score (nSPS) is 16.9. The molecule has 0 saturated heterocycles. The molecule has 0 aliphatic heterocycles. The van der Waals surface area contributed by atoms with E-state index in [4.69, 9.17) is 0 Å². The highest BCUT2D eigenvalue weighted by Gasteiger charge is 2.17. The molecule has 1 rings (SSSR count). The van der Waals surface area contributed by atoms with E-state index in [-0.39, 0.29) is 5.91 Å². The first kappa shape index (κ1) is 12.5. The van der Waals surface area contributed by atoms with Gasteiger partial charge >= 0.3 is 0 Å². The van der Waals surface area contributed by atoms with Crippen LogP contribution in [0, 0.1) is 0 Å². The molecule has 1 fully saturated rings. The lowest BCUT2D eigenvalue weighted by molar-refractivity contribution is -0.130. The summed E-state index contributed by atoms with van der Waals surface area (Å²) in [6.07, 6.45) is 6.17. The molecule has 3 nitrogen and oxygen atoms in total. The topological polar surface area (TPSA) is 32.3 Å². The van der Waals surface area contributed by atoms with E-state index >= 15 is 0 Å². The molecule has 1 aliphatic carbocycles. The molecule has 1 aliphatic rings. The van der Waals surface area contributed by atoms with E-state index in [1.807, 2.05) is 11.8 Å². The van der Waals surface area contributed by atoms with Gasteiger partial charge < -0.3 is 10.2 Å². The number of nitrogens with one attached hydrogen (secondary N) is 1. The molecule has 0 spiro atoms. The molecule has 88 valence electrons. The van der Waals surface area contributed by atoms with Crippen LogP contribution in [-0.2, 0) is 4.79 Å². The van der Waals surface area contributed by atoms with Gasteiger partial charge in [0, 0.05) is 19.1 Å². The van der Waals surface area contributed by atoms with Crippen LogP contribution in [-0.4, -0.2) is 36.5 Å². The Balaban J connectivity index is 2.20. The molecule has 1 amide bonds. The summed E-state index contributed by atoms with van der Waals surface area (Å²) in [6.45, 7) is 6.41. The van der Waals surface area contributed by atoms with Gasteiger partial charge in [0.25, 0.3) is 0 Å². The van der Waals surface area contributed by atoms with Gasteiger partial charge in [-0.1, -0.05) is 19.8 Å². The highest BCUT2D eigenvalue weighted by atomic mass is 16.2. The molecule has 0 bridgehead atoms. The van der Waals surface area contributed by atoms with Crippen LogP contribution in [0.5, 0.6) is 0 Å². The van der Waals surface area contributed by atoms with Gasteiger partial charge in [0.2, 0.25) is 5.91 Å². The summed E-state index contributed by atoms with van der Waals surface area (Å²) >= 11 is 0. The first-order valence-corrected chi connectivity index (χ1v) is 6.29. The van der Waals surface area contributed by atoms with Crippen molar-refractivity contribution in [1.29, 1.82) is 0 Å². The zero-order valence-corrected chi connectivity index (χ0v) is 10.1. The van der Waals surface area contributed by atoms with Crippen LogP contribution in [0.2, 0.25) is 0 Å². The fourth-order valence-electron chi connectivity index (χ4n) is 2.20. The van der Waals surface area contributed by atoms with Crippen LogP contribution in [0.4, 0.5) is 0 Å². The number of hydrogen-bond donors (Lipinski definition) is 1. The van der Waals surface area contributed by atoms with Gasteiger partial charge in [0.15, 0.2) is 0 Å². The molecule has 0 radical (unpaired) electrons. The average molecular weight is 212 g/mol. The largest absolute Gasteiger partial charge is 0.342 e. The maximum absolute atomic E-state index is 11.8. The molecule has 0 aromatic carbocycles. The summed E-state index contributed by atoms with van der Waals surface area (Å²) in [5.41, 5.74) is 0. The quantitative estimate of drug-likeness (QED) is 0.728. The predicted octanol–water partition coefficient (Wildman–Crippen LogP) is 1.78. The third-order valence-electron chi connectivity index (χ3n) is 3.13. The first-order chi connectivity index (χ1) is 7.27. The lowest BCUT2D eigenvalue weighted by Crippen LogP contribution is -2.41. The van der Waals surface area contributed by atoms with E-state index in [9.17, 15) is 4.79 Å². The summed E-state index contributed by atoms with van der Waals surface area (Å²) in [5, 5.41) is 3.36. The maximum atomic E-state index is 11.8. The second-order valence-electron chi connectivity index (χ2n) is 4.34. The SMILES string of the molecule is CCCN(CC)C(=O)CNC1CCCC1. The number of carbonyl (C=O) groups is 1. The second kappa shape index (κ2) is 6.83. The average Bonchev–Trinajstić information content (AvgIpc) is 2.75. The van der Waals surface area contributed by atoms with E-state index < -0.39 is 0 Å². The zero-order chi connectivity index (χ0) is 11.1. The van der Waals surface area contributed by atoms with E-state index in [2.05, 4.69) is 12.2 Å². The maximum Gasteiger partial charge on any atom is 0.236 e. The van der Waals surface area contributed by atoms with Crippen molar-refractivity contribution in [3.05, 3.63) is 0 Å². The highest BCUT2D eigenvalue weighted by molar-refractivity contribution is 5.78. The van der Waals surface area contributed by atoms with Crippen LogP contribution < -0.4 is 5.32 Å². The van der Waals surface area contributed by atoms with Crippen LogP contribution in [0.3, 0.4) is 0 Å². The Morgan fingerprint density at radius 3 is 2.53 bits per heavy atom. The predicted molar refractivity (Wildman–Crippen MR) is 62.8 cm³/mol. The van der Waals surface area contributed by atoms with Gasteiger partial charge in [-0.25, -0.2) is 0 Å². The van der Waals surface area contributed by atoms with Crippen molar-refractivity contribution >= 4 is 5.91 Å². The Labute approximate surface area is 93.2 Å². The van der Waals surface area contributed by atoms with Crippen LogP contribution >= 0.6 is 0 Å². The molecular formula is C12H24N2O. The summed E-state index contributed by atoms with van der Waals surface area (Å²) in [5.74, 6) is 0.256.